The van der Waals surface area contributed by atoms with Crippen LogP contribution in [0.15, 0.2) is 36.4 Å². The maximum absolute atomic E-state index is 13.7. The van der Waals surface area contributed by atoms with Crippen LogP contribution in [0.25, 0.3) is 11.1 Å². The van der Waals surface area contributed by atoms with Crippen LogP contribution in [0.5, 0.6) is 0 Å². The number of fused-ring (bicyclic) bond motifs is 4. The number of nitrogens with one attached hydrogen (secondary N) is 1. The second kappa shape index (κ2) is 15.0. The van der Waals surface area contributed by atoms with E-state index in [4.69, 9.17) is 33.2 Å². The number of carbonyl (C=O) groups excluding carboxylic acids is 2. The fourth-order valence-corrected chi connectivity index (χ4v) is 10.5. The van der Waals surface area contributed by atoms with E-state index in [2.05, 4.69) is 15.1 Å². The summed E-state index contributed by atoms with van der Waals surface area (Å²) in [5.74, 6) is -0.459. The minimum atomic E-state index is -0.629. The van der Waals surface area contributed by atoms with Gasteiger partial charge in [0.1, 0.15) is 0 Å². The Morgan fingerprint density at radius 3 is 2.12 bits per heavy atom. The molecule has 296 valence electrons. The number of hydrogen-bond acceptors (Lipinski definition) is 8. The van der Waals surface area contributed by atoms with Gasteiger partial charge in [0.2, 0.25) is 5.78 Å². The summed E-state index contributed by atoms with van der Waals surface area (Å²) < 4.78 is 3.75. The largest absolute Gasteiger partial charge is 0.481 e. The maximum Gasteiger partial charge on any atom is 0.309 e. The molecule has 4 aromatic rings. The molecule has 0 radical (unpaired) electrons. The van der Waals surface area contributed by atoms with Gasteiger partial charge in [-0.3, -0.25) is 24.2 Å². The molecular weight excluding hydrogens is 753 g/mol. The SMILES string of the molecule is C[C@H](O)CN1CCc2c(nc(C(=O)Cc3cccc(-c4cccc(NC(=O)c5nc6c(n5C)CCN(CCC57CCC(C(=O)O)(CC5)C7)C6)c4Cl)c3Cl)n2C)C1. The van der Waals surface area contributed by atoms with E-state index in [1.54, 1.807) is 19.1 Å². The molecule has 2 aliphatic carbocycles. The lowest BCUT2D eigenvalue weighted by Gasteiger charge is -2.32. The second-order valence-electron chi connectivity index (χ2n) is 16.6. The number of carboxylic acids is 1. The first-order chi connectivity index (χ1) is 26.8. The minimum absolute atomic E-state index is 0.0510. The quantitative estimate of drug-likeness (QED) is 0.140. The number of β-amino-alcohol motifs (C(OH)–C–C–N with tert-alkyl or cyclic N) is 1. The average Bonchev–Trinajstić information content (AvgIpc) is 3.92. The van der Waals surface area contributed by atoms with E-state index in [-0.39, 0.29) is 23.5 Å². The molecule has 2 aliphatic heterocycles. The van der Waals surface area contributed by atoms with Crippen molar-refractivity contribution in [2.24, 2.45) is 24.9 Å². The van der Waals surface area contributed by atoms with Gasteiger partial charge in [-0.1, -0.05) is 53.5 Å². The lowest BCUT2D eigenvalue weighted by molar-refractivity contribution is -0.148. The zero-order valence-corrected chi connectivity index (χ0v) is 33.7. The van der Waals surface area contributed by atoms with Gasteiger partial charge < -0.3 is 24.7 Å². The van der Waals surface area contributed by atoms with Crippen molar-refractivity contribution in [2.75, 3.05) is 31.5 Å². The Kier molecular flexibility index (Phi) is 10.4. The number of carboxylic acid groups (broad SMARTS) is 1. The number of aromatic nitrogens is 4. The van der Waals surface area contributed by atoms with Crippen LogP contribution in [-0.2, 0) is 51.2 Å². The van der Waals surface area contributed by atoms with Gasteiger partial charge in [0, 0.05) is 88.6 Å². The number of amides is 1. The molecule has 4 aliphatic rings. The van der Waals surface area contributed by atoms with Crippen molar-refractivity contribution in [1.82, 2.24) is 28.9 Å². The van der Waals surface area contributed by atoms with Gasteiger partial charge in [0.25, 0.3) is 5.91 Å². The number of rotatable bonds is 12. The van der Waals surface area contributed by atoms with Crippen LogP contribution in [0.3, 0.4) is 0 Å². The number of benzene rings is 2. The van der Waals surface area contributed by atoms with Crippen LogP contribution in [-0.4, -0.2) is 89.1 Å². The van der Waals surface area contributed by atoms with Crippen molar-refractivity contribution in [2.45, 2.75) is 83.9 Å². The van der Waals surface area contributed by atoms with E-state index in [9.17, 15) is 24.6 Å². The molecule has 1 atom stereocenters. The van der Waals surface area contributed by atoms with Crippen LogP contribution in [0.1, 0.15) is 95.0 Å². The van der Waals surface area contributed by atoms with Gasteiger partial charge in [-0.15, -0.1) is 0 Å². The monoisotopic (exact) mass is 801 g/mol. The summed E-state index contributed by atoms with van der Waals surface area (Å²) in [5, 5.41) is 23.4. The first-order valence-electron chi connectivity index (χ1n) is 19.6. The van der Waals surface area contributed by atoms with E-state index >= 15 is 0 Å². The standard InChI is InChI=1S/C42H49Cl2N7O5/c1-25(52)21-51-18-11-32-31(23-51)45-37(48(32)2)34(53)20-26-6-4-7-27(35(26)43)28-8-5-9-29(36(28)44)47-39(54)38-46-30-22-50(17-10-33(30)49(38)3)19-16-41-12-14-42(24-41,15-13-41)40(55)56/h4-9,25,52H,10-24H2,1-3H3,(H,47,54)(H,55,56)/t25-,41?,42?/m0/s1. The number of nitrogens with zero attached hydrogens (tertiary/aromatic N) is 6. The lowest BCUT2D eigenvalue weighted by Crippen LogP contribution is -2.36. The molecule has 8 rings (SSSR count). The van der Waals surface area contributed by atoms with Crippen molar-refractivity contribution in [3.63, 3.8) is 0 Å². The predicted molar refractivity (Wildman–Crippen MR) is 214 cm³/mol. The number of carbonyl (C=O) groups is 3. The van der Waals surface area contributed by atoms with Crippen molar-refractivity contribution in [3.8, 4) is 11.1 Å². The molecule has 4 heterocycles. The molecular formula is C42H49Cl2N7O5. The summed E-state index contributed by atoms with van der Waals surface area (Å²) in [6, 6.07) is 10.9. The number of aliphatic carboxylic acids is 1. The average molecular weight is 803 g/mol. The normalized spacial score (nSPS) is 22.5. The molecule has 2 saturated carbocycles. The lowest BCUT2D eigenvalue weighted by atomic mass is 9.80. The zero-order valence-electron chi connectivity index (χ0n) is 32.2. The number of imidazole rings is 2. The Labute approximate surface area is 336 Å². The van der Waals surface area contributed by atoms with Gasteiger partial charge >= 0.3 is 5.97 Å². The summed E-state index contributed by atoms with van der Waals surface area (Å²) in [5.41, 5.74) is 5.77. The Bertz CT molecular complexity index is 2220. The van der Waals surface area contributed by atoms with Crippen molar-refractivity contribution < 1.29 is 24.6 Å². The van der Waals surface area contributed by atoms with E-state index in [0.29, 0.717) is 63.7 Å². The second-order valence-corrected chi connectivity index (χ2v) is 17.4. The van der Waals surface area contributed by atoms with Gasteiger partial charge in [-0.25, -0.2) is 9.97 Å². The zero-order chi connectivity index (χ0) is 39.5. The van der Waals surface area contributed by atoms with Crippen LogP contribution in [0, 0.1) is 10.8 Å². The third-order valence-electron chi connectivity index (χ3n) is 13.0. The van der Waals surface area contributed by atoms with E-state index in [1.807, 2.05) is 47.5 Å². The maximum atomic E-state index is 13.7. The molecule has 0 unspecified atom stereocenters. The third kappa shape index (κ3) is 7.08. The number of anilines is 1. The third-order valence-corrected chi connectivity index (χ3v) is 13.9. The molecule has 12 nitrogen and oxygen atoms in total. The minimum Gasteiger partial charge on any atom is -0.481 e. The van der Waals surface area contributed by atoms with Gasteiger partial charge in [-0.2, -0.15) is 0 Å². The highest BCUT2D eigenvalue weighted by Gasteiger charge is 2.57. The topological polar surface area (TPSA) is 146 Å². The first kappa shape index (κ1) is 38.8. The number of halogens is 2. The first-order valence-corrected chi connectivity index (χ1v) is 20.4. The van der Waals surface area contributed by atoms with E-state index in [1.165, 1.54) is 0 Å². The highest BCUT2D eigenvalue weighted by atomic mass is 35.5. The molecule has 0 spiro atoms. The molecule has 1 amide bonds. The fourth-order valence-electron chi connectivity index (χ4n) is 9.88. The molecule has 2 aromatic carbocycles. The molecule has 3 N–H and O–H groups in total. The molecule has 56 heavy (non-hydrogen) atoms. The highest BCUT2D eigenvalue weighted by molar-refractivity contribution is 6.39. The predicted octanol–water partition coefficient (Wildman–Crippen LogP) is 6.33. The summed E-state index contributed by atoms with van der Waals surface area (Å²) in [4.78, 5) is 53.4. The highest BCUT2D eigenvalue weighted by Crippen LogP contribution is 2.63. The molecule has 0 saturated heterocycles. The smallest absolute Gasteiger partial charge is 0.309 e. The van der Waals surface area contributed by atoms with Gasteiger partial charge in [-0.05, 0) is 69.0 Å². The fraction of sp³-hybridized carbons (Fsp3) is 0.500. The summed E-state index contributed by atoms with van der Waals surface area (Å²) in [6.07, 6.45) is 6.49. The summed E-state index contributed by atoms with van der Waals surface area (Å²) in [6.45, 7) is 6.11. The summed E-state index contributed by atoms with van der Waals surface area (Å²) in [7, 11) is 3.74. The number of aliphatic hydroxyl groups excluding tert-OH is 1. The van der Waals surface area contributed by atoms with Crippen LogP contribution < -0.4 is 5.32 Å². The van der Waals surface area contributed by atoms with Crippen molar-refractivity contribution in [1.29, 1.82) is 0 Å². The molecule has 2 fully saturated rings. The number of aliphatic hydroxyl groups is 1. The Morgan fingerprint density at radius 1 is 0.857 bits per heavy atom. The van der Waals surface area contributed by atoms with Crippen molar-refractivity contribution in [3.05, 3.63) is 86.4 Å². The number of Topliss-reactive ketones (excluding diaryl/α,β-unsaturated/α-hetero) is 1. The number of hydrogen-bond donors (Lipinski definition) is 3. The van der Waals surface area contributed by atoms with Crippen LogP contribution in [0.4, 0.5) is 5.69 Å². The molecule has 14 heteroatoms. The Morgan fingerprint density at radius 2 is 1.46 bits per heavy atom. The van der Waals surface area contributed by atoms with Crippen LogP contribution in [0.2, 0.25) is 10.0 Å². The van der Waals surface area contributed by atoms with Crippen LogP contribution >= 0.6 is 23.2 Å². The Hall–Kier alpha value is -4.07. The molecule has 2 bridgehead atoms. The van der Waals surface area contributed by atoms with Crippen molar-refractivity contribution >= 4 is 46.5 Å². The van der Waals surface area contributed by atoms with Gasteiger partial charge in [0.15, 0.2) is 11.6 Å². The molecule has 2 aromatic heterocycles. The summed E-state index contributed by atoms with van der Waals surface area (Å²) >= 11 is 14.0. The Balaban J connectivity index is 0.938. The van der Waals surface area contributed by atoms with E-state index < -0.39 is 17.5 Å². The van der Waals surface area contributed by atoms with Gasteiger partial charge in [0.05, 0.1) is 38.6 Å². The van der Waals surface area contributed by atoms with E-state index in [0.717, 1.165) is 93.8 Å². The number of ketones is 1.